The second kappa shape index (κ2) is 26.0. The summed E-state index contributed by atoms with van der Waals surface area (Å²) in [5.74, 6) is 0.289. The SMILES string of the molecule is CN(C)S(=O)(=O)Nc1cc(C(=O)CN(CCCCCCN(CC(=O)c2ccc(OCc3ccccc3)c(NS(=O)(=O)N(C)C)c2)Cc2ccccc2)Cc2ccccc2)ccc1OCc1ccccc1. The second-order valence-corrected chi connectivity index (χ2v) is 21.2. The van der Waals surface area contributed by atoms with Crippen molar-refractivity contribution in [1.82, 2.24) is 18.4 Å². The quantitative estimate of drug-likeness (QED) is 0.0344. The highest BCUT2D eigenvalue weighted by Gasteiger charge is 2.22. The molecule has 2 N–H and O–H groups in total. The maximum atomic E-state index is 14.0. The Morgan fingerprint density at radius 2 is 0.771 bits per heavy atom. The highest BCUT2D eigenvalue weighted by Crippen LogP contribution is 2.30. The Morgan fingerprint density at radius 1 is 0.443 bits per heavy atom. The highest BCUT2D eigenvalue weighted by molar-refractivity contribution is 7.90. The average molecular weight is 989 g/mol. The van der Waals surface area contributed by atoms with E-state index in [0.717, 1.165) is 56.5 Å². The Hall–Kier alpha value is -6.40. The van der Waals surface area contributed by atoms with Gasteiger partial charge in [0, 0.05) is 52.4 Å². The van der Waals surface area contributed by atoms with Crippen LogP contribution in [0.5, 0.6) is 11.5 Å². The van der Waals surface area contributed by atoms with Gasteiger partial charge in [0.1, 0.15) is 24.7 Å². The van der Waals surface area contributed by atoms with E-state index in [0.29, 0.717) is 48.8 Å². The van der Waals surface area contributed by atoms with Crippen molar-refractivity contribution in [2.24, 2.45) is 0 Å². The van der Waals surface area contributed by atoms with Gasteiger partial charge in [-0.05, 0) is 84.6 Å². The molecule has 0 aliphatic rings. The van der Waals surface area contributed by atoms with Gasteiger partial charge < -0.3 is 9.47 Å². The molecule has 0 unspecified atom stereocenters. The number of anilines is 2. The van der Waals surface area contributed by atoms with Crippen molar-refractivity contribution in [3.8, 4) is 11.5 Å². The molecule has 6 aromatic rings. The van der Waals surface area contributed by atoms with E-state index in [4.69, 9.17) is 9.47 Å². The van der Waals surface area contributed by atoms with Crippen LogP contribution in [0.2, 0.25) is 0 Å². The molecule has 0 aliphatic carbocycles. The van der Waals surface area contributed by atoms with Gasteiger partial charge in [-0.2, -0.15) is 25.4 Å². The molecule has 14 nitrogen and oxygen atoms in total. The third kappa shape index (κ3) is 16.6. The molecule has 6 aromatic carbocycles. The van der Waals surface area contributed by atoms with Crippen LogP contribution < -0.4 is 18.9 Å². The van der Waals surface area contributed by atoms with E-state index in [1.54, 1.807) is 36.4 Å². The van der Waals surface area contributed by atoms with E-state index in [9.17, 15) is 26.4 Å². The first-order chi connectivity index (χ1) is 33.6. The van der Waals surface area contributed by atoms with E-state index in [1.807, 2.05) is 121 Å². The number of ether oxygens (including phenoxy) is 2. The Kier molecular flexibility index (Phi) is 19.7. The van der Waals surface area contributed by atoms with Crippen LogP contribution in [0.4, 0.5) is 11.4 Å². The Morgan fingerprint density at radius 3 is 1.10 bits per heavy atom. The Labute approximate surface area is 414 Å². The summed E-state index contributed by atoms with van der Waals surface area (Å²) in [5, 5.41) is 0. The number of nitrogens with one attached hydrogen (secondary N) is 2. The smallest absolute Gasteiger partial charge is 0.301 e. The molecular formula is C54H64N6O8S2. The summed E-state index contributed by atoms with van der Waals surface area (Å²) in [6, 6.07) is 48.7. The van der Waals surface area contributed by atoms with E-state index in [1.165, 1.54) is 28.2 Å². The predicted molar refractivity (Wildman–Crippen MR) is 277 cm³/mol. The van der Waals surface area contributed by atoms with E-state index < -0.39 is 20.4 Å². The summed E-state index contributed by atoms with van der Waals surface area (Å²) < 4.78 is 71.2. The van der Waals surface area contributed by atoms with Gasteiger partial charge >= 0.3 is 20.4 Å². The number of hydrogen-bond donors (Lipinski definition) is 2. The second-order valence-electron chi connectivity index (χ2n) is 17.4. The lowest BCUT2D eigenvalue weighted by atomic mass is 10.1. The molecule has 370 valence electrons. The number of rotatable bonds is 29. The Bertz CT molecular complexity index is 2630. The van der Waals surface area contributed by atoms with Gasteiger partial charge in [0.05, 0.1) is 24.5 Å². The van der Waals surface area contributed by atoms with Crippen molar-refractivity contribution >= 4 is 43.4 Å². The van der Waals surface area contributed by atoms with Crippen molar-refractivity contribution in [2.75, 3.05) is 63.8 Å². The topological polar surface area (TPSA) is 158 Å². The number of carbonyl (C=O) groups excluding carboxylic acids is 2. The molecule has 0 atom stereocenters. The summed E-state index contributed by atoms with van der Waals surface area (Å²) in [6.45, 7) is 3.06. The third-order valence-electron chi connectivity index (χ3n) is 11.4. The first kappa shape index (κ1) is 53.0. The maximum absolute atomic E-state index is 14.0. The van der Waals surface area contributed by atoms with Crippen molar-refractivity contribution in [3.05, 3.63) is 191 Å². The van der Waals surface area contributed by atoms with Crippen molar-refractivity contribution in [3.63, 3.8) is 0 Å². The first-order valence-corrected chi connectivity index (χ1v) is 26.1. The molecule has 0 amide bonds. The van der Waals surface area contributed by atoms with Crippen LogP contribution >= 0.6 is 0 Å². The molecule has 0 heterocycles. The minimum absolute atomic E-state index is 0.115. The lowest BCUT2D eigenvalue weighted by Crippen LogP contribution is -2.31. The molecule has 0 aliphatic heterocycles. The van der Waals surface area contributed by atoms with Crippen LogP contribution in [0.15, 0.2) is 158 Å². The highest BCUT2D eigenvalue weighted by atomic mass is 32.2. The van der Waals surface area contributed by atoms with Crippen molar-refractivity contribution in [1.29, 1.82) is 0 Å². The zero-order valence-corrected chi connectivity index (χ0v) is 42.0. The molecule has 0 bridgehead atoms. The molecule has 0 spiro atoms. The lowest BCUT2D eigenvalue weighted by Gasteiger charge is -2.23. The summed E-state index contributed by atoms with van der Waals surface area (Å²) in [4.78, 5) is 32.2. The molecule has 70 heavy (non-hydrogen) atoms. The van der Waals surface area contributed by atoms with Gasteiger partial charge in [-0.3, -0.25) is 28.8 Å². The average Bonchev–Trinajstić information content (AvgIpc) is 3.35. The van der Waals surface area contributed by atoms with Gasteiger partial charge in [0.25, 0.3) is 0 Å². The largest absolute Gasteiger partial charge is 0.487 e. The zero-order valence-electron chi connectivity index (χ0n) is 40.4. The summed E-state index contributed by atoms with van der Waals surface area (Å²) in [5.41, 5.74) is 5.01. The number of hydrogen-bond acceptors (Lipinski definition) is 10. The van der Waals surface area contributed by atoms with Gasteiger partial charge in [-0.1, -0.05) is 134 Å². The van der Waals surface area contributed by atoms with Gasteiger partial charge in [0.15, 0.2) is 11.6 Å². The number of carbonyl (C=O) groups is 2. The first-order valence-electron chi connectivity index (χ1n) is 23.3. The van der Waals surface area contributed by atoms with Crippen molar-refractivity contribution in [2.45, 2.75) is 52.0 Å². The lowest BCUT2D eigenvalue weighted by molar-refractivity contribution is 0.0913. The molecule has 16 heteroatoms. The molecule has 0 aromatic heterocycles. The van der Waals surface area contributed by atoms with Crippen LogP contribution in [-0.4, -0.2) is 101 Å². The fourth-order valence-corrected chi connectivity index (χ4v) is 8.71. The minimum atomic E-state index is -3.91. The Balaban J connectivity index is 1.09. The van der Waals surface area contributed by atoms with Crippen LogP contribution in [0.25, 0.3) is 0 Å². The van der Waals surface area contributed by atoms with E-state index in [-0.39, 0.29) is 49.2 Å². The molecule has 0 fully saturated rings. The van der Waals surface area contributed by atoms with E-state index in [2.05, 4.69) is 19.2 Å². The normalized spacial score (nSPS) is 11.8. The number of Topliss-reactive ketones (excluding diaryl/α,β-unsaturated/α-hetero) is 2. The molecule has 0 radical (unpaired) electrons. The number of unbranched alkanes of at least 4 members (excludes halogenated alkanes) is 3. The monoisotopic (exact) mass is 988 g/mol. The number of nitrogens with zero attached hydrogens (tertiary/aromatic N) is 4. The number of ketones is 2. The fraction of sp³-hybridized carbons (Fsp3) is 0.296. The van der Waals surface area contributed by atoms with Crippen molar-refractivity contribution < 1.29 is 35.9 Å². The van der Waals surface area contributed by atoms with Gasteiger partial charge in [0.2, 0.25) is 0 Å². The van der Waals surface area contributed by atoms with Crippen LogP contribution in [0.1, 0.15) is 68.7 Å². The van der Waals surface area contributed by atoms with Crippen LogP contribution in [0, 0.1) is 0 Å². The fourth-order valence-electron chi connectivity index (χ4n) is 7.47. The van der Waals surface area contributed by atoms with Crippen LogP contribution in [0.3, 0.4) is 0 Å². The summed E-state index contributed by atoms with van der Waals surface area (Å²) in [7, 11) is -2.11. The molecule has 0 saturated carbocycles. The zero-order chi connectivity index (χ0) is 49.9. The van der Waals surface area contributed by atoms with Gasteiger partial charge in [-0.15, -0.1) is 0 Å². The number of benzene rings is 6. The van der Waals surface area contributed by atoms with E-state index >= 15 is 0 Å². The third-order valence-corrected chi connectivity index (χ3v) is 14.3. The molecule has 0 saturated heterocycles. The molecular weight excluding hydrogens is 925 g/mol. The van der Waals surface area contributed by atoms with Gasteiger partial charge in [-0.25, -0.2) is 0 Å². The minimum Gasteiger partial charge on any atom is -0.487 e. The van der Waals surface area contributed by atoms with Crippen LogP contribution in [-0.2, 0) is 46.7 Å². The standard InChI is InChI=1S/C54H64N6O8S2/c1-57(2)69(63,64)55-49-35-47(29-31-53(49)67-41-45-25-15-9-16-26-45)51(61)39-59(37-43-21-11-7-12-22-43)33-19-5-6-20-34-60(38-44-23-13-8-14-24-44)40-52(62)48-30-32-54(68-42-46-27-17-10-18-28-46)50(36-48)56-70(65,66)58(3)4/h7-18,21-32,35-36,55-56H,5-6,19-20,33-34,37-42H2,1-4H3. The predicted octanol–water partition coefficient (Wildman–Crippen LogP) is 8.91. The summed E-state index contributed by atoms with van der Waals surface area (Å²) in [6.07, 6.45) is 3.41. The summed E-state index contributed by atoms with van der Waals surface area (Å²) >= 11 is 0. The maximum Gasteiger partial charge on any atom is 0.301 e. The molecule has 6 rings (SSSR count).